The number of rotatable bonds is 4. The molecule has 192 valence electrons. The Morgan fingerprint density at radius 2 is 1.84 bits per heavy atom. The number of aromatic hydroxyl groups is 3. The maximum atomic E-state index is 13.5. The standard InChI is InChI=1S/C30H30O7/c1-15(2)7-6-8-16(3)11-21-23-19(12-17-9-10-30(4,5)37-27(17)25(23)33)28-29(36-21)26(34)24-20(32)13-18(31)14-22(24)35-28/h7,9-14,21,31-33H,6,8H2,1-5H3/b16-11+. The second-order valence-electron chi connectivity index (χ2n) is 10.4. The molecule has 0 fully saturated rings. The summed E-state index contributed by atoms with van der Waals surface area (Å²) in [6.07, 6.45) is 8.62. The Labute approximate surface area is 214 Å². The van der Waals surface area contributed by atoms with Gasteiger partial charge in [0, 0.05) is 23.3 Å². The van der Waals surface area contributed by atoms with E-state index in [9.17, 15) is 20.1 Å². The largest absolute Gasteiger partial charge is 0.508 e. The first-order valence-corrected chi connectivity index (χ1v) is 12.2. The zero-order chi connectivity index (χ0) is 26.6. The van der Waals surface area contributed by atoms with Crippen LogP contribution in [0.5, 0.6) is 28.7 Å². The number of benzene rings is 2. The van der Waals surface area contributed by atoms with Crippen LogP contribution in [-0.2, 0) is 0 Å². The van der Waals surface area contributed by atoms with E-state index >= 15 is 0 Å². The van der Waals surface area contributed by atoms with Crippen LogP contribution in [0.15, 0.2) is 56.8 Å². The van der Waals surface area contributed by atoms with Crippen molar-refractivity contribution in [1.82, 2.24) is 0 Å². The Balaban J connectivity index is 1.75. The maximum Gasteiger partial charge on any atom is 0.239 e. The van der Waals surface area contributed by atoms with Gasteiger partial charge in [-0.15, -0.1) is 0 Å². The molecule has 7 nitrogen and oxygen atoms in total. The van der Waals surface area contributed by atoms with Crippen LogP contribution < -0.4 is 14.9 Å². The summed E-state index contributed by atoms with van der Waals surface area (Å²) in [5, 5.41) is 31.7. The van der Waals surface area contributed by atoms with Crippen LogP contribution in [-0.4, -0.2) is 20.9 Å². The van der Waals surface area contributed by atoms with Crippen molar-refractivity contribution in [2.75, 3.05) is 0 Å². The van der Waals surface area contributed by atoms with Crippen LogP contribution in [0.3, 0.4) is 0 Å². The minimum Gasteiger partial charge on any atom is -0.508 e. The third-order valence-electron chi connectivity index (χ3n) is 6.57. The highest BCUT2D eigenvalue weighted by Gasteiger charge is 2.37. The molecule has 1 unspecified atom stereocenters. The number of hydrogen-bond donors (Lipinski definition) is 3. The van der Waals surface area contributed by atoms with E-state index in [4.69, 9.17) is 13.9 Å². The van der Waals surface area contributed by atoms with Crippen molar-refractivity contribution in [3.05, 3.63) is 68.9 Å². The van der Waals surface area contributed by atoms with Gasteiger partial charge in [-0.25, -0.2) is 0 Å². The summed E-state index contributed by atoms with van der Waals surface area (Å²) in [6.45, 7) is 9.86. The molecule has 2 aliphatic heterocycles. The lowest BCUT2D eigenvalue weighted by Crippen LogP contribution is -2.28. The highest BCUT2D eigenvalue weighted by Crippen LogP contribution is 2.52. The lowest BCUT2D eigenvalue weighted by molar-refractivity contribution is 0.150. The molecule has 5 rings (SSSR count). The van der Waals surface area contributed by atoms with E-state index in [2.05, 4.69) is 6.08 Å². The van der Waals surface area contributed by atoms with Gasteiger partial charge in [0.25, 0.3) is 0 Å². The van der Waals surface area contributed by atoms with Gasteiger partial charge in [0.1, 0.15) is 34.2 Å². The van der Waals surface area contributed by atoms with Gasteiger partial charge >= 0.3 is 0 Å². The van der Waals surface area contributed by atoms with Gasteiger partial charge in [0.2, 0.25) is 11.2 Å². The Morgan fingerprint density at radius 3 is 2.57 bits per heavy atom. The summed E-state index contributed by atoms with van der Waals surface area (Å²) in [5.41, 5.74) is 2.61. The van der Waals surface area contributed by atoms with Gasteiger partial charge in [0.15, 0.2) is 17.3 Å². The molecule has 2 aromatic carbocycles. The molecule has 0 spiro atoms. The molecule has 0 radical (unpaired) electrons. The SMILES string of the molecule is CC(C)=CCC/C(C)=C/C1Oc2c(oc3cc(O)cc(O)c3c2=O)-c2cc3c(c(O)c21)OC(C)(C)C=C3. The molecule has 0 saturated carbocycles. The van der Waals surface area contributed by atoms with Crippen molar-refractivity contribution in [2.45, 2.75) is 59.2 Å². The summed E-state index contributed by atoms with van der Waals surface area (Å²) in [4.78, 5) is 13.5. The fraction of sp³-hybridized carbons (Fsp3) is 0.300. The first-order chi connectivity index (χ1) is 17.4. The molecule has 0 amide bonds. The Morgan fingerprint density at radius 1 is 1.08 bits per heavy atom. The number of ether oxygens (including phenoxy) is 2. The normalized spacial score (nSPS) is 17.3. The molecule has 7 heteroatoms. The van der Waals surface area contributed by atoms with E-state index in [1.807, 2.05) is 52.8 Å². The predicted octanol–water partition coefficient (Wildman–Crippen LogP) is 6.89. The summed E-state index contributed by atoms with van der Waals surface area (Å²) < 4.78 is 18.3. The average molecular weight is 503 g/mol. The summed E-state index contributed by atoms with van der Waals surface area (Å²) in [6, 6.07) is 4.15. The zero-order valence-electron chi connectivity index (χ0n) is 21.5. The van der Waals surface area contributed by atoms with Gasteiger partial charge in [0.05, 0.1) is 5.56 Å². The summed E-state index contributed by atoms with van der Waals surface area (Å²) in [7, 11) is 0. The van der Waals surface area contributed by atoms with Crippen LogP contribution in [0.1, 0.15) is 64.7 Å². The fourth-order valence-electron chi connectivity index (χ4n) is 4.77. The van der Waals surface area contributed by atoms with Crippen LogP contribution >= 0.6 is 0 Å². The molecule has 0 bridgehead atoms. The number of phenols is 3. The van der Waals surface area contributed by atoms with Crippen molar-refractivity contribution < 1.29 is 29.2 Å². The van der Waals surface area contributed by atoms with E-state index < -0.39 is 22.9 Å². The van der Waals surface area contributed by atoms with Crippen LogP contribution in [0.2, 0.25) is 0 Å². The van der Waals surface area contributed by atoms with Crippen molar-refractivity contribution in [3.63, 3.8) is 0 Å². The van der Waals surface area contributed by atoms with Crippen LogP contribution in [0, 0.1) is 0 Å². The first kappa shape index (κ1) is 24.6. The Hall–Kier alpha value is -4.13. The highest BCUT2D eigenvalue weighted by atomic mass is 16.5. The third-order valence-corrected chi connectivity index (χ3v) is 6.57. The van der Waals surface area contributed by atoms with Gasteiger partial charge in [-0.3, -0.25) is 4.79 Å². The molecule has 3 heterocycles. The van der Waals surface area contributed by atoms with E-state index in [0.717, 1.165) is 24.5 Å². The van der Waals surface area contributed by atoms with Gasteiger partial charge in [-0.1, -0.05) is 23.3 Å². The Bertz CT molecular complexity index is 1580. The molecular formula is C30H30O7. The second kappa shape index (κ2) is 8.76. The van der Waals surface area contributed by atoms with Gasteiger partial charge < -0.3 is 29.2 Å². The topological polar surface area (TPSA) is 109 Å². The molecule has 3 aromatic rings. The molecule has 1 aromatic heterocycles. The average Bonchev–Trinajstić information content (AvgIpc) is 2.79. The van der Waals surface area contributed by atoms with E-state index in [1.165, 1.54) is 11.6 Å². The third kappa shape index (κ3) is 4.35. The maximum absolute atomic E-state index is 13.5. The van der Waals surface area contributed by atoms with Crippen LogP contribution in [0.4, 0.5) is 0 Å². The van der Waals surface area contributed by atoms with Crippen molar-refractivity contribution in [2.24, 2.45) is 0 Å². The zero-order valence-corrected chi connectivity index (χ0v) is 21.5. The first-order valence-electron chi connectivity index (χ1n) is 12.2. The van der Waals surface area contributed by atoms with E-state index in [1.54, 1.807) is 6.07 Å². The highest BCUT2D eigenvalue weighted by molar-refractivity contribution is 5.90. The molecule has 0 aliphatic carbocycles. The lowest BCUT2D eigenvalue weighted by Gasteiger charge is -2.32. The van der Waals surface area contributed by atoms with Crippen molar-refractivity contribution >= 4 is 17.0 Å². The van der Waals surface area contributed by atoms with Crippen molar-refractivity contribution in [1.29, 1.82) is 0 Å². The van der Waals surface area contributed by atoms with E-state index in [-0.39, 0.29) is 34.0 Å². The van der Waals surface area contributed by atoms with Gasteiger partial charge in [-0.05, 0) is 65.7 Å². The number of fused-ring (bicyclic) bond motifs is 5. The van der Waals surface area contributed by atoms with Crippen molar-refractivity contribution in [3.8, 4) is 40.1 Å². The van der Waals surface area contributed by atoms with Gasteiger partial charge in [-0.2, -0.15) is 0 Å². The number of allylic oxidation sites excluding steroid dienone is 3. The Kier molecular flexibility index (Phi) is 5.82. The smallest absolute Gasteiger partial charge is 0.239 e. The summed E-state index contributed by atoms with van der Waals surface area (Å²) in [5.74, 6) is -0.365. The molecule has 2 aliphatic rings. The molecule has 0 saturated heterocycles. The fourth-order valence-corrected chi connectivity index (χ4v) is 4.77. The van der Waals surface area contributed by atoms with E-state index in [0.29, 0.717) is 22.4 Å². The van der Waals surface area contributed by atoms with Crippen LogP contribution in [0.25, 0.3) is 28.4 Å². The predicted molar refractivity (Wildman–Crippen MR) is 142 cm³/mol. The quantitative estimate of drug-likeness (QED) is 0.333. The minimum atomic E-state index is -0.795. The minimum absolute atomic E-state index is 0.00725. The summed E-state index contributed by atoms with van der Waals surface area (Å²) >= 11 is 0. The second-order valence-corrected chi connectivity index (χ2v) is 10.4. The molecular weight excluding hydrogens is 472 g/mol. The molecule has 3 N–H and O–H groups in total. The monoisotopic (exact) mass is 502 g/mol. The lowest BCUT2D eigenvalue weighted by atomic mass is 9.89. The molecule has 37 heavy (non-hydrogen) atoms. The number of phenolic OH excluding ortho intramolecular Hbond substituents is 3. The molecule has 1 atom stereocenters. The number of hydrogen-bond acceptors (Lipinski definition) is 7.